The van der Waals surface area contributed by atoms with Gasteiger partial charge < -0.3 is 10.2 Å². The molecular weight excluding hydrogens is 280 g/mol. The van der Waals surface area contributed by atoms with Gasteiger partial charge in [0, 0.05) is 15.4 Å². The summed E-state index contributed by atoms with van der Waals surface area (Å²) >= 11 is 0. The van der Waals surface area contributed by atoms with Gasteiger partial charge in [-0.25, -0.2) is 15.8 Å². The summed E-state index contributed by atoms with van der Waals surface area (Å²) < 4.78 is 0. The molecule has 0 bridgehead atoms. The van der Waals surface area contributed by atoms with Crippen molar-refractivity contribution in [2.45, 2.75) is 6.29 Å². The molecule has 0 fully saturated rings. The molecule has 0 aromatic heterocycles. The Kier molecular flexibility index (Phi) is 3.77. The van der Waals surface area contributed by atoms with E-state index in [1.165, 1.54) is 18.2 Å². The molecule has 1 unspecified atom stereocenters. The SMILES string of the molecule is [N-]=[N+]=NC1=NC(N=[N+]=[N-])N(N)C(c2ccc(O)c(O)c2)=N1. The number of hydrogen-bond acceptors (Lipinski definition) is 8. The van der Waals surface area contributed by atoms with Crippen molar-refractivity contribution in [1.82, 2.24) is 5.01 Å². The summed E-state index contributed by atoms with van der Waals surface area (Å²) in [6.07, 6.45) is -1.20. The second kappa shape index (κ2) is 5.67. The zero-order chi connectivity index (χ0) is 15.4. The third-order valence-corrected chi connectivity index (χ3v) is 2.45. The lowest BCUT2D eigenvalue weighted by Gasteiger charge is -2.27. The topological polar surface area (TPSA) is 192 Å². The normalized spacial score (nSPS) is 17.2. The lowest BCUT2D eigenvalue weighted by molar-refractivity contribution is 0.332. The first-order chi connectivity index (χ1) is 10.1. The van der Waals surface area contributed by atoms with E-state index < -0.39 is 12.0 Å². The first kappa shape index (κ1) is 14.0. The van der Waals surface area contributed by atoms with Gasteiger partial charge in [-0.2, -0.15) is 0 Å². The van der Waals surface area contributed by atoms with Gasteiger partial charge in [-0.15, -0.1) is 0 Å². The molecule has 1 aliphatic rings. The van der Waals surface area contributed by atoms with Crippen molar-refractivity contribution in [1.29, 1.82) is 0 Å². The van der Waals surface area contributed by atoms with Crippen LogP contribution in [0.15, 0.2) is 38.4 Å². The number of benzene rings is 1. The van der Waals surface area contributed by atoms with Crippen LogP contribution in [0.3, 0.4) is 0 Å². The second-order valence-corrected chi connectivity index (χ2v) is 3.72. The smallest absolute Gasteiger partial charge is 0.217 e. The standard InChI is InChI=1S/C9H8N10O2/c10-17-15-8-13-7(19(12)9(14-8)16-18-11)4-1-2-5(20)6(21)3-4/h1-3,9,20-21H,12H2. The molecule has 0 amide bonds. The molecule has 1 heterocycles. The summed E-state index contributed by atoms with van der Waals surface area (Å²) in [6.45, 7) is 0. The molecule has 12 nitrogen and oxygen atoms in total. The summed E-state index contributed by atoms with van der Waals surface area (Å²) in [5.41, 5.74) is 17.2. The number of nitrogens with zero attached hydrogens (tertiary/aromatic N) is 9. The Morgan fingerprint density at radius 3 is 2.62 bits per heavy atom. The third-order valence-electron chi connectivity index (χ3n) is 2.45. The number of hydrazine groups is 1. The van der Waals surface area contributed by atoms with E-state index in [1.54, 1.807) is 0 Å². The average molecular weight is 288 g/mol. The molecule has 0 saturated carbocycles. The van der Waals surface area contributed by atoms with Crippen molar-refractivity contribution in [3.63, 3.8) is 0 Å². The molecular formula is C9H8N10O2. The van der Waals surface area contributed by atoms with Gasteiger partial charge in [0.15, 0.2) is 17.3 Å². The summed E-state index contributed by atoms with van der Waals surface area (Å²) in [7, 11) is 0. The number of rotatable bonds is 2. The number of guanidine groups is 1. The average Bonchev–Trinajstić information content (AvgIpc) is 2.46. The van der Waals surface area contributed by atoms with Gasteiger partial charge in [-0.05, 0) is 39.5 Å². The Bertz CT molecular complexity index is 728. The molecule has 0 saturated heterocycles. The summed E-state index contributed by atoms with van der Waals surface area (Å²) in [5.74, 6) is 4.79. The van der Waals surface area contributed by atoms with Crippen molar-refractivity contribution in [3.8, 4) is 11.5 Å². The molecule has 1 aliphatic heterocycles. The van der Waals surface area contributed by atoms with Crippen LogP contribution in [-0.2, 0) is 0 Å². The maximum absolute atomic E-state index is 9.50. The van der Waals surface area contributed by atoms with Gasteiger partial charge in [-0.3, -0.25) is 5.01 Å². The Hall–Kier alpha value is -3.46. The van der Waals surface area contributed by atoms with Crippen LogP contribution in [0, 0.1) is 0 Å². The predicted molar refractivity (Wildman–Crippen MR) is 71.8 cm³/mol. The second-order valence-electron chi connectivity index (χ2n) is 3.72. The highest BCUT2D eigenvalue weighted by Crippen LogP contribution is 2.26. The molecule has 106 valence electrons. The van der Waals surface area contributed by atoms with Crippen LogP contribution in [0.1, 0.15) is 5.56 Å². The minimum atomic E-state index is -1.20. The lowest BCUT2D eigenvalue weighted by Crippen LogP contribution is -2.46. The van der Waals surface area contributed by atoms with Gasteiger partial charge in [0.05, 0.1) is 0 Å². The molecule has 1 aromatic carbocycles. The summed E-state index contributed by atoms with van der Waals surface area (Å²) in [5, 5.41) is 26.3. The molecule has 1 aromatic rings. The minimum Gasteiger partial charge on any atom is -0.504 e. The van der Waals surface area contributed by atoms with Gasteiger partial charge in [0.25, 0.3) is 0 Å². The van der Waals surface area contributed by atoms with Gasteiger partial charge in [0.2, 0.25) is 12.2 Å². The summed E-state index contributed by atoms with van der Waals surface area (Å²) in [6, 6.07) is 3.84. The number of hydrogen-bond donors (Lipinski definition) is 3. The number of nitrogens with two attached hydrogens (primary N) is 1. The van der Waals surface area contributed by atoms with Crippen LogP contribution in [0.2, 0.25) is 0 Å². The first-order valence-corrected chi connectivity index (χ1v) is 5.39. The third kappa shape index (κ3) is 2.77. The highest BCUT2D eigenvalue weighted by Gasteiger charge is 2.24. The van der Waals surface area contributed by atoms with Gasteiger partial charge >= 0.3 is 0 Å². The molecule has 12 heteroatoms. The Morgan fingerprint density at radius 1 is 1.24 bits per heavy atom. The molecule has 0 aliphatic carbocycles. The molecule has 1 atom stereocenters. The Morgan fingerprint density at radius 2 is 2.00 bits per heavy atom. The Labute approximate surface area is 116 Å². The number of azide groups is 2. The van der Waals surface area contributed by atoms with Crippen LogP contribution in [0.25, 0.3) is 20.9 Å². The quantitative estimate of drug-likeness (QED) is 0.243. The fourth-order valence-electron chi connectivity index (χ4n) is 1.55. The van der Waals surface area contributed by atoms with Crippen molar-refractivity contribution in [2.75, 3.05) is 0 Å². The number of amidine groups is 1. The van der Waals surface area contributed by atoms with E-state index in [0.717, 1.165) is 5.01 Å². The van der Waals surface area contributed by atoms with Crippen LogP contribution in [0.4, 0.5) is 0 Å². The highest BCUT2D eigenvalue weighted by atomic mass is 16.3. The number of aromatic hydroxyl groups is 2. The van der Waals surface area contributed by atoms with Crippen molar-refractivity contribution in [2.24, 2.45) is 26.1 Å². The van der Waals surface area contributed by atoms with E-state index in [0.29, 0.717) is 5.56 Å². The fraction of sp³-hybridized carbons (Fsp3) is 0.111. The molecule has 0 spiro atoms. The van der Waals surface area contributed by atoms with E-state index in [1.807, 2.05) is 0 Å². The molecule has 21 heavy (non-hydrogen) atoms. The van der Waals surface area contributed by atoms with Gasteiger partial charge in [0.1, 0.15) is 0 Å². The van der Waals surface area contributed by atoms with E-state index >= 15 is 0 Å². The van der Waals surface area contributed by atoms with Crippen molar-refractivity contribution >= 4 is 11.8 Å². The molecule has 4 N–H and O–H groups in total. The maximum atomic E-state index is 9.50. The lowest BCUT2D eigenvalue weighted by atomic mass is 10.1. The van der Waals surface area contributed by atoms with E-state index in [-0.39, 0.29) is 17.5 Å². The minimum absolute atomic E-state index is 0.0418. The van der Waals surface area contributed by atoms with Crippen molar-refractivity contribution < 1.29 is 10.2 Å². The van der Waals surface area contributed by atoms with E-state index in [2.05, 4.69) is 30.0 Å². The van der Waals surface area contributed by atoms with Crippen LogP contribution in [0.5, 0.6) is 11.5 Å². The van der Waals surface area contributed by atoms with E-state index in [4.69, 9.17) is 16.9 Å². The maximum Gasteiger partial charge on any atom is 0.217 e. The first-order valence-electron chi connectivity index (χ1n) is 5.39. The number of aliphatic imine (C=N–C) groups is 2. The van der Waals surface area contributed by atoms with Crippen LogP contribution in [-0.4, -0.2) is 33.3 Å². The molecule has 2 rings (SSSR count). The van der Waals surface area contributed by atoms with Gasteiger partial charge in [-0.1, -0.05) is 0 Å². The Balaban J connectivity index is 2.53. The zero-order valence-electron chi connectivity index (χ0n) is 10.3. The molecule has 0 radical (unpaired) electrons. The zero-order valence-corrected chi connectivity index (χ0v) is 10.3. The van der Waals surface area contributed by atoms with E-state index in [9.17, 15) is 10.2 Å². The van der Waals surface area contributed by atoms with Crippen molar-refractivity contribution in [3.05, 3.63) is 44.6 Å². The summed E-state index contributed by atoms with van der Waals surface area (Å²) in [4.78, 5) is 12.8. The fourth-order valence-corrected chi connectivity index (χ4v) is 1.55. The van der Waals surface area contributed by atoms with Crippen LogP contribution < -0.4 is 5.84 Å². The largest absolute Gasteiger partial charge is 0.504 e. The predicted octanol–water partition coefficient (Wildman–Crippen LogP) is 1.29. The highest BCUT2D eigenvalue weighted by molar-refractivity contribution is 6.07. The number of phenolic OH excluding ortho intramolecular Hbond substituents is 2. The monoisotopic (exact) mass is 288 g/mol. The van der Waals surface area contributed by atoms with Crippen LogP contribution >= 0.6 is 0 Å². The number of phenols is 2.